The van der Waals surface area contributed by atoms with Crippen LogP contribution in [0.3, 0.4) is 0 Å². The molecule has 15 heteroatoms. The van der Waals surface area contributed by atoms with Crippen molar-refractivity contribution in [1.29, 1.82) is 0 Å². The maximum atomic E-state index is 12.6. The molecule has 0 aromatic carbocycles. The highest BCUT2D eigenvalue weighted by Gasteiger charge is 2.29. The topological polar surface area (TPSA) is 255 Å². The van der Waals surface area contributed by atoms with E-state index in [1.165, 1.54) is 0 Å². The van der Waals surface area contributed by atoms with Crippen LogP contribution in [0.4, 0.5) is 0 Å². The monoisotopic (exact) mass is 451 g/mol. The van der Waals surface area contributed by atoms with Crippen LogP contribution in [0.1, 0.15) is 12.8 Å². The van der Waals surface area contributed by atoms with E-state index in [4.69, 9.17) is 32.5 Å². The second-order valence-corrected chi connectivity index (χ2v) is 6.49. The standard InChI is InChI=1S/C15H29N7O7S/c16-7(4-23)11(25)20-8(2-1-3-19-15(17)18)12(26)22-10(6-30)13(27)21-9(5-24)14(28)29/h7-10,23-24,30H,1-6,16H2,(H,20,25)(H,21,27)(H,22,26)(H,28,29)(H4,17,18,19). The van der Waals surface area contributed by atoms with Crippen LogP contribution in [-0.2, 0) is 19.2 Å². The molecule has 4 unspecified atom stereocenters. The number of carboxylic acid groups (broad SMARTS) is 1. The molecule has 12 N–H and O–H groups in total. The van der Waals surface area contributed by atoms with Crippen molar-refractivity contribution in [2.75, 3.05) is 25.5 Å². The Hall–Kier alpha value is -2.62. The van der Waals surface area contributed by atoms with Gasteiger partial charge in [-0.1, -0.05) is 0 Å². The zero-order valence-electron chi connectivity index (χ0n) is 16.2. The molecule has 0 heterocycles. The molecule has 14 nitrogen and oxygen atoms in total. The number of amides is 3. The van der Waals surface area contributed by atoms with Gasteiger partial charge in [0.25, 0.3) is 0 Å². The van der Waals surface area contributed by atoms with Crippen molar-refractivity contribution in [3.8, 4) is 0 Å². The van der Waals surface area contributed by atoms with Crippen LogP contribution in [0, 0.1) is 0 Å². The van der Waals surface area contributed by atoms with E-state index >= 15 is 0 Å². The highest BCUT2D eigenvalue weighted by atomic mass is 32.1. The molecule has 0 aliphatic carbocycles. The first-order valence-electron chi connectivity index (χ1n) is 8.84. The summed E-state index contributed by atoms with van der Waals surface area (Å²) in [5.41, 5.74) is 15.9. The fraction of sp³-hybridized carbons (Fsp3) is 0.667. The number of carbonyl (C=O) groups excluding carboxylic acids is 3. The Labute approximate surface area is 178 Å². The van der Waals surface area contributed by atoms with E-state index in [2.05, 4.69) is 33.6 Å². The molecular formula is C15H29N7O7S. The van der Waals surface area contributed by atoms with Crippen LogP contribution in [0.25, 0.3) is 0 Å². The van der Waals surface area contributed by atoms with E-state index in [0.29, 0.717) is 0 Å². The number of aliphatic imine (C=N–C) groups is 1. The molecule has 0 saturated heterocycles. The van der Waals surface area contributed by atoms with Crippen molar-refractivity contribution < 1.29 is 34.5 Å². The number of nitrogens with two attached hydrogens (primary N) is 3. The lowest BCUT2D eigenvalue weighted by Gasteiger charge is -2.24. The average molecular weight is 452 g/mol. The van der Waals surface area contributed by atoms with Crippen molar-refractivity contribution in [1.82, 2.24) is 16.0 Å². The quantitative estimate of drug-likeness (QED) is 0.0519. The van der Waals surface area contributed by atoms with Crippen LogP contribution in [-0.4, -0.2) is 94.6 Å². The summed E-state index contributed by atoms with van der Waals surface area (Å²) in [5, 5.41) is 33.6. The number of nitrogens with zero attached hydrogens (tertiary/aromatic N) is 1. The van der Waals surface area contributed by atoms with Gasteiger partial charge >= 0.3 is 5.97 Å². The Morgan fingerprint density at radius 2 is 1.43 bits per heavy atom. The number of aliphatic hydroxyl groups is 2. The van der Waals surface area contributed by atoms with Crippen LogP contribution in [0.15, 0.2) is 4.99 Å². The zero-order valence-corrected chi connectivity index (χ0v) is 17.0. The Balaban J connectivity index is 5.18. The van der Waals surface area contributed by atoms with Crippen molar-refractivity contribution in [2.45, 2.75) is 37.0 Å². The average Bonchev–Trinajstić information content (AvgIpc) is 2.70. The molecule has 0 fully saturated rings. The highest BCUT2D eigenvalue weighted by Crippen LogP contribution is 2.02. The summed E-state index contributed by atoms with van der Waals surface area (Å²) < 4.78 is 0. The molecule has 0 aromatic rings. The number of hydrogen-bond donors (Lipinski definition) is 10. The third-order valence-electron chi connectivity index (χ3n) is 3.72. The minimum absolute atomic E-state index is 0.0712. The zero-order chi connectivity index (χ0) is 23.3. The molecule has 0 saturated carbocycles. The summed E-state index contributed by atoms with van der Waals surface area (Å²) in [7, 11) is 0. The van der Waals surface area contributed by atoms with Gasteiger partial charge < -0.3 is 48.5 Å². The van der Waals surface area contributed by atoms with E-state index in [0.717, 1.165) is 0 Å². The lowest BCUT2D eigenvalue weighted by atomic mass is 10.1. The van der Waals surface area contributed by atoms with E-state index in [-0.39, 0.29) is 31.1 Å². The van der Waals surface area contributed by atoms with Gasteiger partial charge in [-0.3, -0.25) is 19.4 Å². The molecular weight excluding hydrogens is 422 g/mol. The summed E-state index contributed by atoms with van der Waals surface area (Å²) in [6.45, 7) is -1.33. The number of nitrogens with one attached hydrogen (secondary N) is 3. The summed E-state index contributed by atoms with van der Waals surface area (Å²) >= 11 is 3.96. The Morgan fingerprint density at radius 1 is 0.900 bits per heavy atom. The third kappa shape index (κ3) is 10.2. The lowest BCUT2D eigenvalue weighted by molar-refractivity contribution is -0.143. The Bertz CT molecular complexity index is 630. The van der Waals surface area contributed by atoms with Gasteiger partial charge in [-0.15, -0.1) is 0 Å². The maximum Gasteiger partial charge on any atom is 0.328 e. The van der Waals surface area contributed by atoms with Crippen molar-refractivity contribution in [3.63, 3.8) is 0 Å². The minimum Gasteiger partial charge on any atom is -0.480 e. The SMILES string of the molecule is NC(N)=NCCCC(NC(=O)C(N)CO)C(=O)NC(CS)C(=O)NC(CO)C(=O)O. The number of thiol groups is 1. The van der Waals surface area contributed by atoms with Crippen molar-refractivity contribution in [2.24, 2.45) is 22.2 Å². The van der Waals surface area contributed by atoms with E-state index in [1.807, 2.05) is 0 Å². The number of carbonyl (C=O) groups is 4. The van der Waals surface area contributed by atoms with Crippen LogP contribution < -0.4 is 33.2 Å². The van der Waals surface area contributed by atoms with Gasteiger partial charge in [0.15, 0.2) is 5.96 Å². The molecule has 0 rings (SSSR count). The second-order valence-electron chi connectivity index (χ2n) is 6.12. The van der Waals surface area contributed by atoms with Gasteiger partial charge in [0.05, 0.1) is 13.2 Å². The molecule has 0 aliphatic heterocycles. The fourth-order valence-electron chi connectivity index (χ4n) is 2.06. The van der Waals surface area contributed by atoms with Crippen molar-refractivity contribution >= 4 is 42.3 Å². The van der Waals surface area contributed by atoms with Gasteiger partial charge in [-0.2, -0.15) is 12.6 Å². The van der Waals surface area contributed by atoms with E-state index < -0.39 is 61.1 Å². The number of carboxylic acids is 1. The number of aliphatic hydroxyl groups excluding tert-OH is 2. The Morgan fingerprint density at radius 3 is 1.90 bits per heavy atom. The molecule has 172 valence electrons. The second kappa shape index (κ2) is 14.4. The maximum absolute atomic E-state index is 12.6. The van der Waals surface area contributed by atoms with Crippen molar-refractivity contribution in [3.05, 3.63) is 0 Å². The highest BCUT2D eigenvalue weighted by molar-refractivity contribution is 7.80. The Kier molecular flexibility index (Phi) is 13.1. The van der Waals surface area contributed by atoms with E-state index in [1.54, 1.807) is 0 Å². The largest absolute Gasteiger partial charge is 0.480 e. The van der Waals surface area contributed by atoms with Gasteiger partial charge in [0.2, 0.25) is 17.7 Å². The number of guanidine groups is 1. The summed E-state index contributed by atoms with van der Waals surface area (Å²) in [6.07, 6.45) is 0.357. The van der Waals surface area contributed by atoms with Crippen LogP contribution >= 0.6 is 12.6 Å². The molecule has 30 heavy (non-hydrogen) atoms. The number of hydrogen-bond acceptors (Lipinski definition) is 9. The molecule has 4 atom stereocenters. The number of rotatable bonds is 14. The first kappa shape index (κ1) is 27.4. The van der Waals surface area contributed by atoms with Crippen LogP contribution in [0.2, 0.25) is 0 Å². The third-order valence-corrected chi connectivity index (χ3v) is 4.09. The van der Waals surface area contributed by atoms with Gasteiger partial charge in [0, 0.05) is 12.3 Å². The predicted octanol–water partition coefficient (Wildman–Crippen LogP) is -5.18. The smallest absolute Gasteiger partial charge is 0.328 e. The van der Waals surface area contributed by atoms with Gasteiger partial charge in [-0.25, -0.2) is 4.79 Å². The lowest BCUT2D eigenvalue weighted by Crippen LogP contribution is -2.58. The summed E-state index contributed by atoms with van der Waals surface area (Å²) in [6, 6.07) is -5.22. The predicted molar refractivity (Wildman–Crippen MR) is 109 cm³/mol. The number of aliphatic carboxylic acids is 1. The summed E-state index contributed by atoms with van der Waals surface area (Å²) in [5.74, 6) is -4.26. The molecule has 0 radical (unpaired) electrons. The van der Waals surface area contributed by atoms with Crippen LogP contribution in [0.5, 0.6) is 0 Å². The first-order valence-corrected chi connectivity index (χ1v) is 9.48. The van der Waals surface area contributed by atoms with E-state index in [9.17, 15) is 19.2 Å². The first-order chi connectivity index (χ1) is 14.1. The molecule has 0 aromatic heterocycles. The molecule has 3 amide bonds. The fourth-order valence-corrected chi connectivity index (χ4v) is 2.32. The molecule has 0 spiro atoms. The normalized spacial score (nSPS) is 14.5. The minimum atomic E-state index is -1.56. The van der Waals surface area contributed by atoms with Gasteiger partial charge in [-0.05, 0) is 12.8 Å². The molecule has 0 aliphatic rings. The molecule has 0 bridgehead atoms. The summed E-state index contributed by atoms with van der Waals surface area (Å²) in [4.78, 5) is 51.4. The van der Waals surface area contributed by atoms with Gasteiger partial charge in [0.1, 0.15) is 24.2 Å².